The van der Waals surface area contributed by atoms with Gasteiger partial charge in [-0.1, -0.05) is 62.2 Å². The number of nitrogens with two attached hydrogens (primary N) is 1. The SMILES string of the molecule is CC1CCCCC1(N)c1cccc2ccccc12. The zero-order valence-electron chi connectivity index (χ0n) is 11.0. The Labute approximate surface area is 109 Å². The first-order valence-electron chi connectivity index (χ1n) is 6.99. The van der Waals surface area contributed by atoms with Crippen molar-refractivity contribution >= 4 is 10.8 Å². The zero-order chi connectivity index (χ0) is 12.6. The average Bonchev–Trinajstić information content (AvgIpc) is 2.41. The molecule has 1 nitrogen and oxygen atoms in total. The van der Waals surface area contributed by atoms with Crippen molar-refractivity contribution in [3.8, 4) is 0 Å². The van der Waals surface area contributed by atoms with Crippen LogP contribution in [0.1, 0.15) is 38.2 Å². The Balaban J connectivity index is 2.19. The van der Waals surface area contributed by atoms with Crippen molar-refractivity contribution in [1.82, 2.24) is 0 Å². The largest absolute Gasteiger partial charge is 0.321 e. The summed E-state index contributed by atoms with van der Waals surface area (Å²) in [6.07, 6.45) is 4.94. The molecule has 2 aromatic rings. The summed E-state index contributed by atoms with van der Waals surface area (Å²) >= 11 is 0. The van der Waals surface area contributed by atoms with Gasteiger partial charge in [0, 0.05) is 5.54 Å². The van der Waals surface area contributed by atoms with Gasteiger partial charge in [-0.15, -0.1) is 0 Å². The van der Waals surface area contributed by atoms with Crippen molar-refractivity contribution in [3.63, 3.8) is 0 Å². The van der Waals surface area contributed by atoms with Crippen LogP contribution in [0.3, 0.4) is 0 Å². The second kappa shape index (κ2) is 4.40. The molecule has 0 aromatic heterocycles. The summed E-state index contributed by atoms with van der Waals surface area (Å²) in [6, 6.07) is 15.1. The van der Waals surface area contributed by atoms with Gasteiger partial charge in [-0.25, -0.2) is 0 Å². The Bertz CT molecular complexity index is 555. The Morgan fingerprint density at radius 3 is 2.67 bits per heavy atom. The standard InChI is InChI=1S/C17H21N/c1-13-7-4-5-12-17(13,18)16-11-6-9-14-8-2-3-10-15(14)16/h2-3,6,8-11,13H,4-5,7,12,18H2,1H3. The molecule has 1 saturated carbocycles. The smallest absolute Gasteiger partial charge is 0.0441 e. The topological polar surface area (TPSA) is 26.0 Å². The van der Waals surface area contributed by atoms with E-state index in [1.807, 2.05) is 0 Å². The molecule has 0 radical (unpaired) electrons. The number of benzene rings is 2. The van der Waals surface area contributed by atoms with E-state index >= 15 is 0 Å². The van der Waals surface area contributed by atoms with Gasteiger partial charge in [0.2, 0.25) is 0 Å². The van der Waals surface area contributed by atoms with Crippen LogP contribution >= 0.6 is 0 Å². The Morgan fingerprint density at radius 1 is 1.06 bits per heavy atom. The van der Waals surface area contributed by atoms with Gasteiger partial charge in [0.1, 0.15) is 0 Å². The van der Waals surface area contributed by atoms with E-state index in [0.717, 1.165) is 6.42 Å². The van der Waals surface area contributed by atoms with Crippen LogP contribution in [0.5, 0.6) is 0 Å². The molecular formula is C17H21N. The molecule has 2 unspecified atom stereocenters. The van der Waals surface area contributed by atoms with Gasteiger partial charge in [-0.05, 0) is 35.1 Å². The first-order valence-corrected chi connectivity index (χ1v) is 6.99. The van der Waals surface area contributed by atoms with Crippen LogP contribution in [0.15, 0.2) is 42.5 Å². The van der Waals surface area contributed by atoms with E-state index in [0.29, 0.717) is 5.92 Å². The Morgan fingerprint density at radius 2 is 1.83 bits per heavy atom. The van der Waals surface area contributed by atoms with Crippen LogP contribution in [0, 0.1) is 5.92 Å². The van der Waals surface area contributed by atoms with Gasteiger partial charge >= 0.3 is 0 Å². The number of rotatable bonds is 1. The predicted octanol–water partition coefficient (Wildman–Crippen LogP) is 4.20. The lowest BCUT2D eigenvalue weighted by Crippen LogP contribution is -2.45. The lowest BCUT2D eigenvalue weighted by Gasteiger charge is -2.40. The molecule has 1 fully saturated rings. The van der Waals surface area contributed by atoms with Crippen molar-refractivity contribution in [3.05, 3.63) is 48.0 Å². The summed E-state index contributed by atoms with van der Waals surface area (Å²) in [5.74, 6) is 0.567. The third kappa shape index (κ3) is 1.74. The quantitative estimate of drug-likeness (QED) is 0.793. The van der Waals surface area contributed by atoms with Crippen molar-refractivity contribution in [2.75, 3.05) is 0 Å². The van der Waals surface area contributed by atoms with Gasteiger partial charge < -0.3 is 5.73 Å². The van der Waals surface area contributed by atoms with E-state index in [9.17, 15) is 0 Å². The summed E-state index contributed by atoms with van der Waals surface area (Å²) in [7, 11) is 0. The molecule has 0 bridgehead atoms. The summed E-state index contributed by atoms with van der Waals surface area (Å²) in [5.41, 5.74) is 7.99. The minimum Gasteiger partial charge on any atom is -0.321 e. The lowest BCUT2D eigenvalue weighted by molar-refractivity contribution is 0.208. The van der Waals surface area contributed by atoms with Crippen LogP contribution in [0.2, 0.25) is 0 Å². The van der Waals surface area contributed by atoms with Crippen LogP contribution in [0.4, 0.5) is 0 Å². The number of hydrogen-bond acceptors (Lipinski definition) is 1. The van der Waals surface area contributed by atoms with E-state index in [4.69, 9.17) is 5.73 Å². The minimum absolute atomic E-state index is 0.140. The highest BCUT2D eigenvalue weighted by molar-refractivity contribution is 5.86. The molecule has 18 heavy (non-hydrogen) atoms. The van der Waals surface area contributed by atoms with Crippen LogP contribution in [-0.4, -0.2) is 0 Å². The van der Waals surface area contributed by atoms with Crippen LogP contribution in [0.25, 0.3) is 10.8 Å². The summed E-state index contributed by atoms with van der Waals surface area (Å²) in [4.78, 5) is 0. The molecule has 1 aliphatic rings. The normalized spacial score (nSPS) is 28.4. The number of fused-ring (bicyclic) bond motifs is 1. The third-order valence-corrected chi connectivity index (χ3v) is 4.65. The van der Waals surface area contributed by atoms with Gasteiger partial charge in [0.05, 0.1) is 0 Å². The molecule has 3 rings (SSSR count). The minimum atomic E-state index is -0.140. The van der Waals surface area contributed by atoms with Gasteiger partial charge in [0.15, 0.2) is 0 Å². The molecule has 2 N–H and O–H groups in total. The molecular weight excluding hydrogens is 218 g/mol. The molecule has 0 heterocycles. The van der Waals surface area contributed by atoms with Crippen molar-refractivity contribution in [2.24, 2.45) is 11.7 Å². The maximum atomic E-state index is 6.79. The average molecular weight is 239 g/mol. The van der Waals surface area contributed by atoms with Crippen molar-refractivity contribution in [1.29, 1.82) is 0 Å². The molecule has 0 aliphatic heterocycles. The van der Waals surface area contributed by atoms with Crippen molar-refractivity contribution < 1.29 is 0 Å². The molecule has 1 heteroatoms. The highest BCUT2D eigenvalue weighted by Gasteiger charge is 2.36. The first kappa shape index (κ1) is 11.7. The second-order valence-corrected chi connectivity index (χ2v) is 5.71. The Hall–Kier alpha value is -1.34. The van der Waals surface area contributed by atoms with E-state index in [-0.39, 0.29) is 5.54 Å². The van der Waals surface area contributed by atoms with Gasteiger partial charge in [-0.2, -0.15) is 0 Å². The molecule has 0 spiro atoms. The van der Waals surface area contributed by atoms with Crippen LogP contribution in [-0.2, 0) is 5.54 Å². The maximum Gasteiger partial charge on any atom is 0.0441 e. The predicted molar refractivity (Wildman–Crippen MR) is 77.4 cm³/mol. The monoisotopic (exact) mass is 239 g/mol. The highest BCUT2D eigenvalue weighted by atomic mass is 14.8. The van der Waals surface area contributed by atoms with E-state index in [1.165, 1.54) is 35.6 Å². The molecule has 2 aromatic carbocycles. The third-order valence-electron chi connectivity index (χ3n) is 4.65. The lowest BCUT2D eigenvalue weighted by atomic mass is 9.69. The fourth-order valence-electron chi connectivity index (χ4n) is 3.40. The Kier molecular flexibility index (Phi) is 2.87. The van der Waals surface area contributed by atoms with Gasteiger partial charge in [0.25, 0.3) is 0 Å². The molecule has 94 valence electrons. The molecule has 0 amide bonds. The van der Waals surface area contributed by atoms with Crippen LogP contribution < -0.4 is 5.73 Å². The first-order chi connectivity index (χ1) is 8.72. The van der Waals surface area contributed by atoms with Crippen molar-refractivity contribution in [2.45, 2.75) is 38.1 Å². The maximum absolute atomic E-state index is 6.79. The fourth-order valence-corrected chi connectivity index (χ4v) is 3.40. The fraction of sp³-hybridized carbons (Fsp3) is 0.412. The highest BCUT2D eigenvalue weighted by Crippen LogP contribution is 2.41. The summed E-state index contributed by atoms with van der Waals surface area (Å²) in [6.45, 7) is 2.31. The zero-order valence-corrected chi connectivity index (χ0v) is 11.0. The second-order valence-electron chi connectivity index (χ2n) is 5.71. The number of hydrogen-bond donors (Lipinski definition) is 1. The summed E-state index contributed by atoms with van der Waals surface area (Å²) in [5, 5.41) is 2.63. The molecule has 1 aliphatic carbocycles. The molecule has 2 atom stereocenters. The van der Waals surface area contributed by atoms with Gasteiger partial charge in [-0.3, -0.25) is 0 Å². The van der Waals surface area contributed by atoms with E-state index in [1.54, 1.807) is 0 Å². The van der Waals surface area contributed by atoms with E-state index in [2.05, 4.69) is 49.4 Å². The summed E-state index contributed by atoms with van der Waals surface area (Å²) < 4.78 is 0. The molecule has 0 saturated heterocycles. The van der Waals surface area contributed by atoms with E-state index < -0.39 is 0 Å².